The van der Waals surface area contributed by atoms with Gasteiger partial charge < -0.3 is 0 Å². The Labute approximate surface area is 94.1 Å². The van der Waals surface area contributed by atoms with Crippen LogP contribution in [0.15, 0.2) is 35.6 Å². The van der Waals surface area contributed by atoms with Gasteiger partial charge in [-0.2, -0.15) is 5.10 Å². The van der Waals surface area contributed by atoms with Crippen LogP contribution < -0.4 is 0 Å². The zero-order chi connectivity index (χ0) is 11.0. The molecule has 0 bridgehead atoms. The van der Waals surface area contributed by atoms with E-state index in [0.717, 1.165) is 15.2 Å². The summed E-state index contributed by atoms with van der Waals surface area (Å²) in [6, 6.07) is 7.81. The van der Waals surface area contributed by atoms with Crippen LogP contribution in [0.3, 0.4) is 0 Å². The molecular formula is C10H6N4OS. The van der Waals surface area contributed by atoms with E-state index in [1.165, 1.54) is 11.3 Å². The summed E-state index contributed by atoms with van der Waals surface area (Å²) >= 11 is 1.51. The molecule has 0 aliphatic rings. The minimum Gasteiger partial charge on any atom is -0.258 e. The van der Waals surface area contributed by atoms with E-state index in [-0.39, 0.29) is 5.82 Å². The van der Waals surface area contributed by atoms with Crippen molar-refractivity contribution in [3.63, 3.8) is 0 Å². The molecule has 1 N–H and O–H groups in total. The SMILES string of the molecule is O=Nc1[nH]ncc1-c1nc2ccccc2s1. The fourth-order valence-electron chi connectivity index (χ4n) is 1.49. The second-order valence-electron chi connectivity index (χ2n) is 3.21. The summed E-state index contributed by atoms with van der Waals surface area (Å²) in [5.74, 6) is 0.221. The van der Waals surface area contributed by atoms with Gasteiger partial charge in [0.2, 0.25) is 5.82 Å². The Morgan fingerprint density at radius 1 is 1.31 bits per heavy atom. The van der Waals surface area contributed by atoms with E-state index in [1.807, 2.05) is 24.3 Å². The first-order chi connectivity index (χ1) is 7.88. The van der Waals surface area contributed by atoms with Crippen molar-refractivity contribution in [2.45, 2.75) is 0 Å². The lowest BCUT2D eigenvalue weighted by Crippen LogP contribution is -1.72. The van der Waals surface area contributed by atoms with Crippen LogP contribution in [0, 0.1) is 4.91 Å². The number of para-hydroxylation sites is 1. The second-order valence-corrected chi connectivity index (χ2v) is 4.24. The summed E-state index contributed by atoms with van der Waals surface area (Å²) in [6.45, 7) is 0. The predicted molar refractivity (Wildman–Crippen MR) is 62.7 cm³/mol. The third-order valence-corrected chi connectivity index (χ3v) is 3.30. The number of benzene rings is 1. The van der Waals surface area contributed by atoms with Crippen molar-refractivity contribution < 1.29 is 0 Å². The van der Waals surface area contributed by atoms with Crippen LogP contribution in [0.4, 0.5) is 5.82 Å². The minimum absolute atomic E-state index is 0.221. The van der Waals surface area contributed by atoms with Gasteiger partial charge in [-0.25, -0.2) is 4.98 Å². The van der Waals surface area contributed by atoms with Crippen molar-refractivity contribution in [1.29, 1.82) is 0 Å². The number of hydrogen-bond acceptors (Lipinski definition) is 5. The maximum atomic E-state index is 10.5. The first kappa shape index (κ1) is 9.17. The first-order valence-electron chi connectivity index (χ1n) is 4.61. The highest BCUT2D eigenvalue weighted by Crippen LogP contribution is 2.34. The largest absolute Gasteiger partial charge is 0.258 e. The fraction of sp³-hybridized carbons (Fsp3) is 0. The molecular weight excluding hydrogens is 224 g/mol. The predicted octanol–water partition coefficient (Wildman–Crippen LogP) is 3.08. The highest BCUT2D eigenvalue weighted by atomic mass is 32.1. The van der Waals surface area contributed by atoms with Gasteiger partial charge in [-0.05, 0) is 17.3 Å². The standard InChI is InChI=1S/C10H6N4OS/c15-14-9-6(5-11-13-9)10-12-7-3-1-2-4-8(7)16-10/h1-5H,(H,11,13). The third kappa shape index (κ3) is 1.31. The number of aromatic amines is 1. The number of nitrogens with zero attached hydrogens (tertiary/aromatic N) is 3. The molecule has 0 amide bonds. The number of nitroso groups, excluding NO2 is 1. The summed E-state index contributed by atoms with van der Waals surface area (Å²) in [5.41, 5.74) is 1.57. The van der Waals surface area contributed by atoms with Crippen LogP contribution in [0.1, 0.15) is 0 Å². The highest BCUT2D eigenvalue weighted by molar-refractivity contribution is 7.21. The molecule has 1 aromatic carbocycles. The molecule has 6 heteroatoms. The van der Waals surface area contributed by atoms with Crippen molar-refractivity contribution in [3.05, 3.63) is 35.4 Å². The van der Waals surface area contributed by atoms with E-state index in [0.29, 0.717) is 5.56 Å². The van der Waals surface area contributed by atoms with E-state index in [9.17, 15) is 4.91 Å². The zero-order valence-corrected chi connectivity index (χ0v) is 8.86. The average Bonchev–Trinajstić information content (AvgIpc) is 2.94. The Morgan fingerprint density at radius 2 is 2.19 bits per heavy atom. The average molecular weight is 230 g/mol. The van der Waals surface area contributed by atoms with Gasteiger partial charge in [0.1, 0.15) is 5.01 Å². The number of aromatic nitrogens is 3. The van der Waals surface area contributed by atoms with Crippen LogP contribution in [-0.2, 0) is 0 Å². The van der Waals surface area contributed by atoms with E-state index >= 15 is 0 Å². The third-order valence-electron chi connectivity index (χ3n) is 2.23. The van der Waals surface area contributed by atoms with Crippen molar-refractivity contribution in [2.75, 3.05) is 0 Å². The number of rotatable bonds is 2. The highest BCUT2D eigenvalue weighted by Gasteiger charge is 2.12. The van der Waals surface area contributed by atoms with Gasteiger partial charge in [-0.3, -0.25) is 5.10 Å². The molecule has 0 atom stereocenters. The fourth-order valence-corrected chi connectivity index (χ4v) is 2.47. The summed E-state index contributed by atoms with van der Waals surface area (Å²) < 4.78 is 1.08. The van der Waals surface area contributed by atoms with Crippen molar-refractivity contribution in [3.8, 4) is 10.6 Å². The number of H-pyrrole nitrogens is 1. The first-order valence-corrected chi connectivity index (χ1v) is 5.43. The van der Waals surface area contributed by atoms with Gasteiger partial charge in [0, 0.05) is 0 Å². The van der Waals surface area contributed by atoms with Crippen molar-refractivity contribution in [2.24, 2.45) is 5.18 Å². The number of hydrogen-bond donors (Lipinski definition) is 1. The van der Waals surface area contributed by atoms with Crippen molar-refractivity contribution >= 4 is 27.4 Å². The molecule has 0 saturated heterocycles. The van der Waals surface area contributed by atoms with Crippen LogP contribution in [0.5, 0.6) is 0 Å². The van der Waals surface area contributed by atoms with Crippen LogP contribution in [0.2, 0.25) is 0 Å². The Hall–Kier alpha value is -2.08. The molecule has 0 saturated carbocycles. The van der Waals surface area contributed by atoms with Crippen LogP contribution >= 0.6 is 11.3 Å². The lowest BCUT2D eigenvalue weighted by Gasteiger charge is -1.87. The number of nitrogens with one attached hydrogen (secondary N) is 1. The Morgan fingerprint density at radius 3 is 3.00 bits per heavy atom. The quantitative estimate of drug-likeness (QED) is 0.687. The second kappa shape index (κ2) is 3.49. The van der Waals surface area contributed by atoms with Gasteiger partial charge in [-0.15, -0.1) is 16.2 Å². The number of thiazole rings is 1. The molecule has 0 spiro atoms. The monoisotopic (exact) mass is 230 g/mol. The van der Waals surface area contributed by atoms with Crippen molar-refractivity contribution in [1.82, 2.24) is 15.2 Å². The van der Waals surface area contributed by atoms with E-state index in [4.69, 9.17) is 0 Å². The lowest BCUT2D eigenvalue weighted by molar-refractivity contribution is 1.08. The normalized spacial score (nSPS) is 10.8. The molecule has 0 radical (unpaired) electrons. The molecule has 3 rings (SSSR count). The molecule has 5 nitrogen and oxygen atoms in total. The maximum Gasteiger partial charge on any atom is 0.202 e. The van der Waals surface area contributed by atoms with Crippen LogP contribution in [-0.4, -0.2) is 15.2 Å². The van der Waals surface area contributed by atoms with Gasteiger partial charge in [0.05, 0.1) is 22.0 Å². The maximum absolute atomic E-state index is 10.5. The Bertz CT molecular complexity index is 624. The number of fused-ring (bicyclic) bond motifs is 1. The molecule has 0 aliphatic carbocycles. The van der Waals surface area contributed by atoms with E-state index in [2.05, 4.69) is 20.4 Å². The molecule has 16 heavy (non-hydrogen) atoms. The van der Waals surface area contributed by atoms with E-state index in [1.54, 1.807) is 6.20 Å². The van der Waals surface area contributed by atoms with Gasteiger partial charge in [0.25, 0.3) is 0 Å². The molecule has 3 aromatic rings. The Kier molecular flexibility index (Phi) is 2.00. The summed E-state index contributed by atoms with van der Waals surface area (Å²) in [6.07, 6.45) is 1.56. The summed E-state index contributed by atoms with van der Waals surface area (Å²) in [5, 5.41) is 9.95. The summed E-state index contributed by atoms with van der Waals surface area (Å²) in [4.78, 5) is 15.0. The van der Waals surface area contributed by atoms with Crippen LogP contribution in [0.25, 0.3) is 20.8 Å². The smallest absolute Gasteiger partial charge is 0.202 e. The van der Waals surface area contributed by atoms with Gasteiger partial charge in [-0.1, -0.05) is 12.1 Å². The molecule has 78 valence electrons. The molecule has 2 heterocycles. The van der Waals surface area contributed by atoms with Gasteiger partial charge >= 0.3 is 0 Å². The molecule has 0 aliphatic heterocycles. The van der Waals surface area contributed by atoms with Gasteiger partial charge in [0.15, 0.2) is 0 Å². The lowest BCUT2D eigenvalue weighted by atomic mass is 10.3. The molecule has 2 aromatic heterocycles. The molecule has 0 unspecified atom stereocenters. The molecule has 0 fully saturated rings. The Balaban J connectivity index is 2.22. The zero-order valence-electron chi connectivity index (χ0n) is 8.04. The topological polar surface area (TPSA) is 71.0 Å². The summed E-state index contributed by atoms with van der Waals surface area (Å²) in [7, 11) is 0. The minimum atomic E-state index is 0.221. The van der Waals surface area contributed by atoms with E-state index < -0.39 is 0 Å².